The number of hydrogen-bond acceptors (Lipinski definition) is 1. The maximum Gasteiger partial charge on any atom is 0.0184 e. The van der Waals surface area contributed by atoms with Gasteiger partial charge in [-0.05, 0) is 50.5 Å². The standard InChI is InChI=1S/C11H23NS/c1-12(11-7-3-4-8-11)13(2)9-5-6-10-13/h11H,3-10H2,1-2H3. The predicted octanol–water partition coefficient (Wildman–Crippen LogP) is 3.00. The van der Waals surface area contributed by atoms with Crippen LogP contribution < -0.4 is 0 Å². The molecule has 2 aliphatic rings. The second kappa shape index (κ2) is 3.82. The summed E-state index contributed by atoms with van der Waals surface area (Å²) in [7, 11) is 2.07. The van der Waals surface area contributed by atoms with Gasteiger partial charge in [0.2, 0.25) is 0 Å². The second-order valence-electron chi connectivity index (χ2n) is 4.82. The first-order valence-electron chi connectivity index (χ1n) is 5.69. The molecule has 0 aromatic rings. The van der Waals surface area contributed by atoms with Crippen molar-refractivity contribution in [3.8, 4) is 0 Å². The Morgan fingerprint density at radius 2 is 1.54 bits per heavy atom. The van der Waals surface area contributed by atoms with Crippen molar-refractivity contribution < 1.29 is 0 Å². The summed E-state index contributed by atoms with van der Waals surface area (Å²) in [5, 5.41) is 0. The first-order valence-corrected chi connectivity index (χ1v) is 8.03. The van der Waals surface area contributed by atoms with E-state index in [1.165, 1.54) is 50.0 Å². The summed E-state index contributed by atoms with van der Waals surface area (Å²) in [5.41, 5.74) is 0. The molecule has 1 saturated heterocycles. The second-order valence-corrected chi connectivity index (χ2v) is 8.66. The molecule has 2 heteroatoms. The minimum Gasteiger partial charge on any atom is -0.268 e. The number of hydrogen-bond donors (Lipinski definition) is 0. The fraction of sp³-hybridized carbons (Fsp3) is 1.00. The molecule has 1 nitrogen and oxygen atoms in total. The highest BCUT2D eigenvalue weighted by Crippen LogP contribution is 2.55. The Labute approximate surface area is 84.3 Å². The first kappa shape index (κ1) is 9.85. The summed E-state index contributed by atoms with van der Waals surface area (Å²) in [6, 6.07) is 0.943. The molecule has 1 aliphatic carbocycles. The van der Waals surface area contributed by atoms with E-state index >= 15 is 0 Å². The van der Waals surface area contributed by atoms with Crippen molar-refractivity contribution in [2.24, 2.45) is 0 Å². The lowest BCUT2D eigenvalue weighted by Crippen LogP contribution is -2.33. The van der Waals surface area contributed by atoms with Crippen LogP contribution in [0.2, 0.25) is 0 Å². The number of rotatable bonds is 2. The van der Waals surface area contributed by atoms with Gasteiger partial charge in [-0.15, -0.1) is 0 Å². The molecule has 0 atom stereocenters. The van der Waals surface area contributed by atoms with Crippen molar-refractivity contribution in [3.05, 3.63) is 0 Å². The average Bonchev–Trinajstić information content (AvgIpc) is 2.73. The summed E-state index contributed by atoms with van der Waals surface area (Å²) in [6.45, 7) is 0. The van der Waals surface area contributed by atoms with Crippen molar-refractivity contribution in [1.82, 2.24) is 4.31 Å². The van der Waals surface area contributed by atoms with E-state index in [-0.39, 0.29) is 10.2 Å². The lowest BCUT2D eigenvalue weighted by Gasteiger charge is -2.44. The van der Waals surface area contributed by atoms with Gasteiger partial charge in [0.05, 0.1) is 0 Å². The highest BCUT2D eigenvalue weighted by Gasteiger charge is 2.32. The van der Waals surface area contributed by atoms with Crippen LogP contribution in [0.15, 0.2) is 0 Å². The molecule has 78 valence electrons. The molecule has 0 aromatic heterocycles. The lowest BCUT2D eigenvalue weighted by atomic mass is 10.3. The van der Waals surface area contributed by atoms with E-state index in [2.05, 4.69) is 17.6 Å². The molecule has 0 spiro atoms. The van der Waals surface area contributed by atoms with Crippen molar-refractivity contribution in [2.75, 3.05) is 24.8 Å². The highest BCUT2D eigenvalue weighted by molar-refractivity contribution is 8.31. The van der Waals surface area contributed by atoms with E-state index in [9.17, 15) is 0 Å². The van der Waals surface area contributed by atoms with E-state index in [1.807, 2.05) is 0 Å². The van der Waals surface area contributed by atoms with Gasteiger partial charge in [-0.1, -0.05) is 12.8 Å². The van der Waals surface area contributed by atoms with Crippen LogP contribution in [0.25, 0.3) is 0 Å². The topological polar surface area (TPSA) is 3.24 Å². The fourth-order valence-electron chi connectivity index (χ4n) is 2.84. The summed E-state index contributed by atoms with van der Waals surface area (Å²) in [6.07, 6.45) is 11.4. The molecule has 0 N–H and O–H groups in total. The van der Waals surface area contributed by atoms with E-state index in [4.69, 9.17) is 0 Å². The van der Waals surface area contributed by atoms with Crippen LogP contribution >= 0.6 is 10.2 Å². The quantitative estimate of drug-likeness (QED) is 0.664. The Kier molecular flexibility index (Phi) is 2.89. The third-order valence-electron chi connectivity index (χ3n) is 3.95. The van der Waals surface area contributed by atoms with Crippen molar-refractivity contribution in [1.29, 1.82) is 0 Å². The van der Waals surface area contributed by atoms with Crippen LogP contribution in [0.1, 0.15) is 38.5 Å². The minimum atomic E-state index is -0.333. The molecular weight excluding hydrogens is 178 g/mol. The molecule has 0 bridgehead atoms. The van der Waals surface area contributed by atoms with Gasteiger partial charge >= 0.3 is 0 Å². The minimum absolute atomic E-state index is 0.333. The monoisotopic (exact) mass is 201 g/mol. The maximum atomic E-state index is 2.78. The van der Waals surface area contributed by atoms with Crippen LogP contribution in [0.4, 0.5) is 0 Å². The molecule has 13 heavy (non-hydrogen) atoms. The Bertz CT molecular complexity index is 169. The zero-order valence-electron chi connectivity index (χ0n) is 9.09. The number of nitrogens with zero attached hydrogens (tertiary/aromatic N) is 1. The van der Waals surface area contributed by atoms with Gasteiger partial charge in [0.25, 0.3) is 0 Å². The zero-order valence-corrected chi connectivity index (χ0v) is 9.91. The van der Waals surface area contributed by atoms with E-state index in [0.29, 0.717) is 0 Å². The van der Waals surface area contributed by atoms with E-state index in [0.717, 1.165) is 6.04 Å². The summed E-state index contributed by atoms with van der Waals surface area (Å²) >= 11 is 0. The molecule has 0 aromatic carbocycles. The van der Waals surface area contributed by atoms with Gasteiger partial charge in [-0.25, -0.2) is 0 Å². The van der Waals surface area contributed by atoms with Crippen molar-refractivity contribution >= 4 is 10.2 Å². The Balaban J connectivity index is 1.97. The molecule has 1 heterocycles. The Hall–Kier alpha value is 0.310. The maximum absolute atomic E-state index is 2.78. The third kappa shape index (κ3) is 1.89. The Morgan fingerprint density at radius 1 is 1.00 bits per heavy atom. The van der Waals surface area contributed by atoms with Crippen LogP contribution in [0, 0.1) is 0 Å². The molecular formula is C11H23NS. The molecule has 1 aliphatic heterocycles. The Morgan fingerprint density at radius 3 is 2.08 bits per heavy atom. The summed E-state index contributed by atoms with van der Waals surface area (Å²) < 4.78 is 2.78. The van der Waals surface area contributed by atoms with Crippen molar-refractivity contribution in [2.45, 2.75) is 44.6 Å². The zero-order chi connectivity index (χ0) is 9.31. The normalized spacial score (nSPS) is 31.3. The van der Waals surface area contributed by atoms with Gasteiger partial charge in [0.15, 0.2) is 0 Å². The van der Waals surface area contributed by atoms with Crippen LogP contribution in [0.3, 0.4) is 0 Å². The predicted molar refractivity (Wildman–Crippen MR) is 62.5 cm³/mol. The van der Waals surface area contributed by atoms with Gasteiger partial charge in [0.1, 0.15) is 0 Å². The van der Waals surface area contributed by atoms with Crippen LogP contribution in [0.5, 0.6) is 0 Å². The highest BCUT2D eigenvalue weighted by atomic mass is 32.3. The molecule has 1 saturated carbocycles. The van der Waals surface area contributed by atoms with Crippen LogP contribution in [-0.4, -0.2) is 35.2 Å². The average molecular weight is 201 g/mol. The summed E-state index contributed by atoms with van der Waals surface area (Å²) in [4.78, 5) is 0. The van der Waals surface area contributed by atoms with Gasteiger partial charge in [-0.2, -0.15) is 10.2 Å². The van der Waals surface area contributed by atoms with Gasteiger partial charge in [-0.3, -0.25) is 4.31 Å². The van der Waals surface area contributed by atoms with Crippen LogP contribution in [-0.2, 0) is 0 Å². The van der Waals surface area contributed by atoms with E-state index < -0.39 is 0 Å². The molecule has 0 amide bonds. The first-order chi connectivity index (χ1) is 6.22. The largest absolute Gasteiger partial charge is 0.268 e. The lowest BCUT2D eigenvalue weighted by molar-refractivity contribution is 0.406. The van der Waals surface area contributed by atoms with Gasteiger partial charge in [0, 0.05) is 6.04 Å². The molecule has 0 radical (unpaired) electrons. The molecule has 0 unspecified atom stereocenters. The SMILES string of the molecule is CN(C1CCCC1)S1(C)CCCC1. The molecule has 2 rings (SSSR count). The third-order valence-corrected chi connectivity index (χ3v) is 7.98. The smallest absolute Gasteiger partial charge is 0.0184 e. The van der Waals surface area contributed by atoms with E-state index in [1.54, 1.807) is 0 Å². The summed E-state index contributed by atoms with van der Waals surface area (Å²) in [5.74, 6) is 3.03. The molecule has 2 fully saturated rings. The fourth-order valence-corrected chi connectivity index (χ4v) is 6.21. The van der Waals surface area contributed by atoms with Gasteiger partial charge < -0.3 is 0 Å². The van der Waals surface area contributed by atoms with Crippen molar-refractivity contribution in [3.63, 3.8) is 0 Å².